The Kier molecular flexibility index (Phi) is 3.09. The van der Waals surface area contributed by atoms with Crippen molar-refractivity contribution in [3.63, 3.8) is 0 Å². The first-order valence-corrected chi connectivity index (χ1v) is 2.77. The van der Waals surface area contributed by atoms with Gasteiger partial charge in [0.15, 0.2) is 0 Å². The van der Waals surface area contributed by atoms with Crippen LogP contribution in [0.3, 0.4) is 0 Å². The van der Waals surface area contributed by atoms with E-state index in [1.165, 1.54) is 0 Å². The van der Waals surface area contributed by atoms with Crippen LogP contribution in [0, 0.1) is 5.92 Å². The molecular formula is C5H11NS. The van der Waals surface area contributed by atoms with Crippen molar-refractivity contribution in [1.29, 1.82) is 0 Å². The predicted molar refractivity (Wildman–Crippen MR) is 36.9 cm³/mol. The van der Waals surface area contributed by atoms with Gasteiger partial charge in [0.05, 0.1) is 0 Å². The molecule has 0 aromatic rings. The first-order chi connectivity index (χ1) is 3.18. The average molecular weight is 117 g/mol. The first-order valence-electron chi connectivity index (χ1n) is 2.37. The Morgan fingerprint density at radius 3 is 2.00 bits per heavy atom. The third-order valence-corrected chi connectivity index (χ3v) is 1.31. The lowest BCUT2D eigenvalue weighted by atomic mass is 10.1. The van der Waals surface area contributed by atoms with Crippen LogP contribution in [0.1, 0.15) is 20.8 Å². The smallest absolute Gasteiger partial charge is 0.0253 e. The summed E-state index contributed by atoms with van der Waals surface area (Å²) in [6.07, 6.45) is 0. The van der Waals surface area contributed by atoms with E-state index in [0.717, 1.165) is 5.71 Å². The largest absolute Gasteiger partial charge is 0.229 e. The first kappa shape index (κ1) is 7.02. The summed E-state index contributed by atoms with van der Waals surface area (Å²) in [5, 5.41) is 0. The fourth-order valence-electron chi connectivity index (χ4n) is 0.115. The molecule has 0 spiro atoms. The van der Waals surface area contributed by atoms with Crippen LogP contribution in [-0.2, 0) is 0 Å². The Labute approximate surface area is 50.4 Å². The van der Waals surface area contributed by atoms with Crippen LogP contribution in [-0.4, -0.2) is 5.71 Å². The maximum atomic E-state index is 3.74. The summed E-state index contributed by atoms with van der Waals surface area (Å²) in [7, 11) is 0. The van der Waals surface area contributed by atoms with E-state index in [-0.39, 0.29) is 0 Å². The van der Waals surface area contributed by atoms with Gasteiger partial charge in [0.2, 0.25) is 0 Å². The van der Waals surface area contributed by atoms with E-state index in [1.807, 2.05) is 6.92 Å². The SMILES string of the molecule is CC(=NS)C(C)C. The molecule has 0 radical (unpaired) electrons. The quantitative estimate of drug-likeness (QED) is 0.398. The molecule has 0 N–H and O–H groups in total. The normalized spacial score (nSPS) is 13.0. The van der Waals surface area contributed by atoms with E-state index in [4.69, 9.17) is 0 Å². The molecule has 0 rings (SSSR count). The molecule has 0 aromatic carbocycles. The maximum Gasteiger partial charge on any atom is 0.0253 e. The van der Waals surface area contributed by atoms with Gasteiger partial charge in [0, 0.05) is 5.71 Å². The summed E-state index contributed by atoms with van der Waals surface area (Å²) in [5.41, 5.74) is 1.09. The van der Waals surface area contributed by atoms with Crippen molar-refractivity contribution in [2.45, 2.75) is 20.8 Å². The van der Waals surface area contributed by atoms with Crippen molar-refractivity contribution in [2.75, 3.05) is 0 Å². The summed E-state index contributed by atoms with van der Waals surface area (Å²) in [6, 6.07) is 0. The molecule has 42 valence electrons. The van der Waals surface area contributed by atoms with Crippen LogP contribution in [0.25, 0.3) is 0 Å². The van der Waals surface area contributed by atoms with Gasteiger partial charge < -0.3 is 0 Å². The Bertz CT molecular complexity index is 76.1. The number of thiol groups is 1. The highest BCUT2D eigenvalue weighted by Crippen LogP contribution is 1.96. The molecule has 0 unspecified atom stereocenters. The van der Waals surface area contributed by atoms with Crippen LogP contribution in [0.15, 0.2) is 4.40 Å². The number of rotatable bonds is 1. The molecule has 0 heterocycles. The zero-order valence-electron chi connectivity index (χ0n) is 4.97. The average Bonchev–Trinajstić information content (AvgIpc) is 1.65. The van der Waals surface area contributed by atoms with Gasteiger partial charge in [-0.05, 0) is 25.7 Å². The Balaban J connectivity index is 3.56. The summed E-state index contributed by atoms with van der Waals surface area (Å²) < 4.78 is 3.70. The topological polar surface area (TPSA) is 12.4 Å². The van der Waals surface area contributed by atoms with Crippen LogP contribution < -0.4 is 0 Å². The lowest BCUT2D eigenvalue weighted by molar-refractivity contribution is 0.883. The number of hydrogen-bond acceptors (Lipinski definition) is 2. The summed E-state index contributed by atoms with van der Waals surface area (Å²) in [5.74, 6) is 0.539. The van der Waals surface area contributed by atoms with Gasteiger partial charge in [0.1, 0.15) is 0 Å². The molecule has 0 aliphatic heterocycles. The molecule has 0 bridgehead atoms. The minimum Gasteiger partial charge on any atom is -0.229 e. The molecule has 0 atom stereocenters. The molecule has 0 saturated carbocycles. The Morgan fingerprint density at radius 1 is 1.57 bits per heavy atom. The van der Waals surface area contributed by atoms with Gasteiger partial charge in [-0.3, -0.25) is 0 Å². The van der Waals surface area contributed by atoms with Crippen molar-refractivity contribution >= 4 is 18.5 Å². The van der Waals surface area contributed by atoms with Crippen LogP contribution >= 0.6 is 12.8 Å². The molecule has 0 aliphatic carbocycles. The third-order valence-electron chi connectivity index (χ3n) is 0.993. The van der Waals surface area contributed by atoms with Crippen molar-refractivity contribution in [1.82, 2.24) is 0 Å². The van der Waals surface area contributed by atoms with Crippen molar-refractivity contribution in [3.05, 3.63) is 0 Å². The second kappa shape index (κ2) is 3.08. The zero-order chi connectivity index (χ0) is 5.86. The van der Waals surface area contributed by atoms with Crippen molar-refractivity contribution < 1.29 is 0 Å². The van der Waals surface area contributed by atoms with E-state index in [0.29, 0.717) is 5.92 Å². The third kappa shape index (κ3) is 2.68. The van der Waals surface area contributed by atoms with Crippen LogP contribution in [0.4, 0.5) is 0 Å². The molecular weight excluding hydrogens is 106 g/mol. The van der Waals surface area contributed by atoms with Gasteiger partial charge >= 0.3 is 0 Å². The highest BCUT2D eigenvalue weighted by atomic mass is 32.1. The molecule has 2 heteroatoms. The van der Waals surface area contributed by atoms with E-state index in [9.17, 15) is 0 Å². The second-order valence-corrected chi connectivity index (χ2v) is 2.10. The molecule has 0 fully saturated rings. The number of hydrogen-bond donors (Lipinski definition) is 1. The summed E-state index contributed by atoms with van der Waals surface area (Å²) in [4.78, 5) is 0. The summed E-state index contributed by atoms with van der Waals surface area (Å²) in [6.45, 7) is 6.15. The van der Waals surface area contributed by atoms with E-state index < -0.39 is 0 Å². The fraction of sp³-hybridized carbons (Fsp3) is 0.800. The zero-order valence-corrected chi connectivity index (χ0v) is 5.87. The van der Waals surface area contributed by atoms with E-state index >= 15 is 0 Å². The minimum atomic E-state index is 0.539. The Morgan fingerprint density at radius 2 is 2.00 bits per heavy atom. The fourth-order valence-corrected chi connectivity index (χ4v) is 0.346. The molecule has 0 aliphatic rings. The van der Waals surface area contributed by atoms with Crippen LogP contribution in [0.5, 0.6) is 0 Å². The van der Waals surface area contributed by atoms with Gasteiger partial charge in [-0.15, -0.1) is 0 Å². The van der Waals surface area contributed by atoms with Gasteiger partial charge in [-0.25, -0.2) is 4.40 Å². The lowest BCUT2D eigenvalue weighted by Crippen LogP contribution is -1.98. The van der Waals surface area contributed by atoms with E-state index in [2.05, 4.69) is 31.1 Å². The molecule has 7 heavy (non-hydrogen) atoms. The van der Waals surface area contributed by atoms with Gasteiger partial charge in [0.25, 0.3) is 0 Å². The monoisotopic (exact) mass is 117 g/mol. The van der Waals surface area contributed by atoms with Crippen molar-refractivity contribution in [2.24, 2.45) is 10.3 Å². The highest BCUT2D eigenvalue weighted by molar-refractivity contribution is 7.79. The molecule has 0 amide bonds. The minimum absolute atomic E-state index is 0.539. The Hall–Kier alpha value is 0.0200. The van der Waals surface area contributed by atoms with Crippen molar-refractivity contribution in [3.8, 4) is 0 Å². The van der Waals surface area contributed by atoms with Gasteiger partial charge in [-0.1, -0.05) is 13.8 Å². The molecule has 1 nitrogen and oxygen atoms in total. The molecule has 0 aromatic heterocycles. The van der Waals surface area contributed by atoms with Gasteiger partial charge in [-0.2, -0.15) is 0 Å². The number of nitrogens with zero attached hydrogens (tertiary/aromatic N) is 1. The van der Waals surface area contributed by atoms with Crippen LogP contribution in [0.2, 0.25) is 0 Å². The standard InChI is InChI=1S/C5H11NS/c1-4(2)5(3)6-7/h4,7H,1-3H3. The lowest BCUT2D eigenvalue weighted by Gasteiger charge is -1.97. The predicted octanol–water partition coefficient (Wildman–Crippen LogP) is 1.95. The summed E-state index contributed by atoms with van der Waals surface area (Å²) >= 11 is 3.74. The second-order valence-electron chi connectivity index (χ2n) is 1.90. The van der Waals surface area contributed by atoms with E-state index in [1.54, 1.807) is 0 Å². The molecule has 0 saturated heterocycles. The highest BCUT2D eigenvalue weighted by Gasteiger charge is 1.93. The maximum absolute atomic E-state index is 3.74.